The topological polar surface area (TPSA) is 81.4 Å². The van der Waals surface area contributed by atoms with Crippen LogP contribution < -0.4 is 10.1 Å². The van der Waals surface area contributed by atoms with Gasteiger partial charge in [-0.3, -0.25) is 14.2 Å². The SMILES string of the molecule is O=C(NCc1ccccc1Cl)c1cncc2nnc(-c3ccc(OC(F)F)cc3)n12. The molecule has 2 heterocycles. The van der Waals surface area contributed by atoms with Gasteiger partial charge in [0.2, 0.25) is 0 Å². The van der Waals surface area contributed by atoms with Crippen LogP contribution in [-0.2, 0) is 6.54 Å². The zero-order chi connectivity index (χ0) is 21.1. The van der Waals surface area contributed by atoms with Gasteiger partial charge in [-0.05, 0) is 35.9 Å². The number of halogens is 3. The van der Waals surface area contributed by atoms with Crippen molar-refractivity contribution in [1.82, 2.24) is 24.9 Å². The molecule has 0 unspecified atom stereocenters. The van der Waals surface area contributed by atoms with Gasteiger partial charge < -0.3 is 10.1 Å². The third kappa shape index (κ3) is 4.06. The van der Waals surface area contributed by atoms with Crippen LogP contribution in [0.5, 0.6) is 5.75 Å². The van der Waals surface area contributed by atoms with Gasteiger partial charge in [0.1, 0.15) is 11.4 Å². The number of amides is 1. The monoisotopic (exact) mass is 429 g/mol. The Morgan fingerprint density at radius 1 is 1.10 bits per heavy atom. The highest BCUT2D eigenvalue weighted by Crippen LogP contribution is 2.23. The number of aromatic nitrogens is 4. The number of alkyl halides is 2. The van der Waals surface area contributed by atoms with Crippen molar-refractivity contribution in [3.05, 3.63) is 77.2 Å². The van der Waals surface area contributed by atoms with Gasteiger partial charge in [0, 0.05) is 17.1 Å². The van der Waals surface area contributed by atoms with Crippen LogP contribution in [0.25, 0.3) is 17.0 Å². The van der Waals surface area contributed by atoms with Gasteiger partial charge in [-0.15, -0.1) is 10.2 Å². The Hall–Kier alpha value is -3.59. The average Bonchev–Trinajstić information content (AvgIpc) is 3.17. The van der Waals surface area contributed by atoms with Crippen LogP contribution in [0.3, 0.4) is 0 Å². The third-order valence-electron chi connectivity index (χ3n) is 4.28. The maximum absolute atomic E-state index is 12.8. The van der Waals surface area contributed by atoms with E-state index in [1.54, 1.807) is 24.3 Å². The van der Waals surface area contributed by atoms with Gasteiger partial charge in [-0.1, -0.05) is 29.8 Å². The molecule has 0 spiro atoms. The first kappa shape index (κ1) is 19.7. The summed E-state index contributed by atoms with van der Waals surface area (Å²) in [5, 5.41) is 11.5. The smallest absolute Gasteiger partial charge is 0.387 e. The second-order valence-electron chi connectivity index (χ2n) is 6.19. The summed E-state index contributed by atoms with van der Waals surface area (Å²) in [5.41, 5.74) is 1.91. The molecule has 2 aromatic heterocycles. The first-order valence-electron chi connectivity index (χ1n) is 8.79. The number of hydrogen-bond donors (Lipinski definition) is 1. The van der Waals surface area contributed by atoms with E-state index in [1.165, 1.54) is 28.9 Å². The van der Waals surface area contributed by atoms with Crippen molar-refractivity contribution in [3.63, 3.8) is 0 Å². The van der Waals surface area contributed by atoms with E-state index in [-0.39, 0.29) is 18.0 Å². The fraction of sp³-hybridized carbons (Fsp3) is 0.100. The molecular weight excluding hydrogens is 416 g/mol. The predicted octanol–water partition coefficient (Wildman–Crippen LogP) is 3.98. The van der Waals surface area contributed by atoms with Crippen molar-refractivity contribution in [1.29, 1.82) is 0 Å². The maximum Gasteiger partial charge on any atom is 0.387 e. The van der Waals surface area contributed by atoms with E-state index in [0.717, 1.165) is 5.56 Å². The summed E-state index contributed by atoms with van der Waals surface area (Å²) in [5.74, 6) is -0.0208. The van der Waals surface area contributed by atoms with E-state index in [2.05, 4.69) is 25.2 Å². The quantitative estimate of drug-likeness (QED) is 0.501. The lowest BCUT2D eigenvalue weighted by atomic mass is 10.2. The first-order valence-corrected chi connectivity index (χ1v) is 9.16. The lowest BCUT2D eigenvalue weighted by Gasteiger charge is -2.10. The van der Waals surface area contributed by atoms with Crippen molar-refractivity contribution in [2.24, 2.45) is 0 Å². The number of nitrogens with zero attached hydrogens (tertiary/aromatic N) is 4. The number of benzene rings is 2. The number of ether oxygens (including phenoxy) is 1. The Morgan fingerprint density at radius 2 is 1.87 bits per heavy atom. The van der Waals surface area contributed by atoms with E-state index < -0.39 is 12.5 Å². The normalized spacial score (nSPS) is 11.1. The van der Waals surface area contributed by atoms with E-state index in [4.69, 9.17) is 11.6 Å². The molecule has 0 aliphatic rings. The third-order valence-corrected chi connectivity index (χ3v) is 4.65. The molecule has 1 N–H and O–H groups in total. The lowest BCUT2D eigenvalue weighted by Crippen LogP contribution is -2.25. The fourth-order valence-electron chi connectivity index (χ4n) is 2.89. The van der Waals surface area contributed by atoms with E-state index >= 15 is 0 Å². The van der Waals surface area contributed by atoms with Crippen molar-refractivity contribution in [2.75, 3.05) is 0 Å². The van der Waals surface area contributed by atoms with E-state index in [0.29, 0.717) is 22.1 Å². The lowest BCUT2D eigenvalue weighted by molar-refractivity contribution is -0.0498. The highest BCUT2D eigenvalue weighted by molar-refractivity contribution is 6.31. The van der Waals surface area contributed by atoms with Crippen LogP contribution >= 0.6 is 11.6 Å². The molecule has 0 atom stereocenters. The van der Waals surface area contributed by atoms with Crippen LogP contribution in [-0.4, -0.2) is 32.1 Å². The Bertz CT molecular complexity index is 1200. The summed E-state index contributed by atoms with van der Waals surface area (Å²) in [7, 11) is 0. The summed E-state index contributed by atoms with van der Waals surface area (Å²) in [6.07, 6.45) is 2.87. The molecule has 4 rings (SSSR count). The summed E-state index contributed by atoms with van der Waals surface area (Å²) < 4.78 is 30.6. The highest BCUT2D eigenvalue weighted by atomic mass is 35.5. The van der Waals surface area contributed by atoms with Gasteiger partial charge in [-0.25, -0.2) is 0 Å². The molecule has 30 heavy (non-hydrogen) atoms. The number of hydrogen-bond acceptors (Lipinski definition) is 5. The molecule has 0 saturated heterocycles. The number of fused-ring (bicyclic) bond motifs is 1. The van der Waals surface area contributed by atoms with Gasteiger partial charge >= 0.3 is 6.61 Å². The molecule has 0 bridgehead atoms. The zero-order valence-electron chi connectivity index (χ0n) is 15.3. The van der Waals surface area contributed by atoms with Gasteiger partial charge in [0.05, 0.1) is 12.4 Å². The number of carbonyl (C=O) groups is 1. The fourth-order valence-corrected chi connectivity index (χ4v) is 3.09. The summed E-state index contributed by atoms with van der Waals surface area (Å²) in [6, 6.07) is 13.1. The second-order valence-corrected chi connectivity index (χ2v) is 6.59. The largest absolute Gasteiger partial charge is 0.435 e. The molecule has 152 valence electrons. The van der Waals surface area contributed by atoms with Crippen LogP contribution in [0.15, 0.2) is 60.9 Å². The van der Waals surface area contributed by atoms with Crippen LogP contribution in [0.1, 0.15) is 16.1 Å². The van der Waals surface area contributed by atoms with Crippen molar-refractivity contribution in [2.45, 2.75) is 13.2 Å². The number of carbonyl (C=O) groups excluding carboxylic acids is 1. The molecule has 0 aliphatic heterocycles. The average molecular weight is 430 g/mol. The summed E-state index contributed by atoms with van der Waals surface area (Å²) in [4.78, 5) is 16.9. The number of nitrogens with one attached hydrogen (secondary N) is 1. The molecule has 10 heteroatoms. The Morgan fingerprint density at radius 3 is 2.60 bits per heavy atom. The van der Waals surface area contributed by atoms with Crippen molar-refractivity contribution < 1.29 is 18.3 Å². The second kappa shape index (κ2) is 8.42. The maximum atomic E-state index is 12.8. The minimum Gasteiger partial charge on any atom is -0.435 e. The van der Waals surface area contributed by atoms with Crippen LogP contribution in [0.4, 0.5) is 8.78 Å². The summed E-state index contributed by atoms with van der Waals surface area (Å²) >= 11 is 6.13. The minimum absolute atomic E-state index is 0.0157. The van der Waals surface area contributed by atoms with Crippen LogP contribution in [0, 0.1) is 0 Å². The predicted molar refractivity (Wildman–Crippen MR) is 105 cm³/mol. The van der Waals surface area contributed by atoms with Gasteiger partial charge in [-0.2, -0.15) is 8.78 Å². The highest BCUT2D eigenvalue weighted by Gasteiger charge is 2.17. The van der Waals surface area contributed by atoms with Crippen LogP contribution in [0.2, 0.25) is 5.02 Å². The molecule has 0 fully saturated rings. The number of rotatable bonds is 6. The van der Waals surface area contributed by atoms with Crippen molar-refractivity contribution in [3.8, 4) is 17.1 Å². The molecule has 4 aromatic rings. The molecule has 0 aliphatic carbocycles. The molecule has 1 amide bonds. The Labute approximate surface area is 174 Å². The molecular formula is C20H14ClF2N5O2. The molecule has 0 saturated carbocycles. The standard InChI is InChI=1S/C20H14ClF2N5O2/c21-15-4-2-1-3-13(15)9-25-19(29)16-10-24-11-17-26-27-18(28(16)17)12-5-7-14(8-6-12)30-20(22)23/h1-8,10-11,20H,9H2,(H,25,29). The Kier molecular flexibility index (Phi) is 5.53. The Balaban J connectivity index is 1.64. The van der Waals surface area contributed by atoms with Gasteiger partial charge in [0.25, 0.3) is 5.91 Å². The molecule has 7 nitrogen and oxygen atoms in total. The zero-order valence-corrected chi connectivity index (χ0v) is 16.1. The van der Waals surface area contributed by atoms with Gasteiger partial charge in [0.15, 0.2) is 11.5 Å². The molecule has 2 aromatic carbocycles. The molecule has 0 radical (unpaired) electrons. The first-order chi connectivity index (χ1) is 14.5. The van der Waals surface area contributed by atoms with Crippen molar-refractivity contribution >= 4 is 23.2 Å². The summed E-state index contributed by atoms with van der Waals surface area (Å²) in [6.45, 7) is -2.68. The van der Waals surface area contributed by atoms with E-state index in [1.807, 2.05) is 12.1 Å². The minimum atomic E-state index is -2.91. The van der Waals surface area contributed by atoms with E-state index in [9.17, 15) is 13.6 Å².